The van der Waals surface area contributed by atoms with Crippen LogP contribution in [-0.2, 0) is 0 Å². The molecule has 4 nitrogen and oxygen atoms in total. The van der Waals surface area contributed by atoms with Crippen molar-refractivity contribution in [3.8, 4) is 11.3 Å². The van der Waals surface area contributed by atoms with E-state index in [0.29, 0.717) is 6.04 Å². The molecule has 0 aliphatic heterocycles. The Morgan fingerprint density at radius 1 is 1.15 bits per heavy atom. The molecule has 102 valence electrons. The molecule has 3 aromatic rings. The topological polar surface area (TPSA) is 51.0 Å². The van der Waals surface area contributed by atoms with E-state index in [1.54, 1.807) is 0 Å². The van der Waals surface area contributed by atoms with Crippen molar-refractivity contribution < 1.29 is 4.52 Å². The highest BCUT2D eigenvalue weighted by atomic mass is 16.5. The summed E-state index contributed by atoms with van der Waals surface area (Å²) in [5.74, 6) is 0. The quantitative estimate of drug-likeness (QED) is 0.778. The van der Waals surface area contributed by atoms with Crippen LogP contribution in [0.1, 0.15) is 19.5 Å². The van der Waals surface area contributed by atoms with E-state index in [9.17, 15) is 0 Å². The van der Waals surface area contributed by atoms with E-state index in [-0.39, 0.29) is 0 Å². The summed E-state index contributed by atoms with van der Waals surface area (Å²) in [5.41, 5.74) is 5.29. The maximum absolute atomic E-state index is 5.40. The van der Waals surface area contributed by atoms with Crippen LogP contribution in [-0.4, -0.2) is 16.2 Å². The highest BCUT2D eigenvalue weighted by Crippen LogP contribution is 2.30. The van der Waals surface area contributed by atoms with Crippen molar-refractivity contribution in [1.82, 2.24) is 10.1 Å². The number of rotatable bonds is 3. The second-order valence-corrected chi connectivity index (χ2v) is 5.17. The van der Waals surface area contributed by atoms with Gasteiger partial charge in [-0.3, -0.25) is 0 Å². The Labute approximate surface area is 117 Å². The summed E-state index contributed by atoms with van der Waals surface area (Å²) < 4.78 is 5.40. The van der Waals surface area contributed by atoms with Crippen molar-refractivity contribution in [2.24, 2.45) is 0 Å². The monoisotopic (exact) mass is 267 g/mol. The standard InChI is InChI=1S/C16H17N3O/c1-10(2)17-14-9-13(12-7-5-4-6-8-12)18-15-11(3)19-20-16(14)15/h4-10H,1-3H3,(H,17,18). The van der Waals surface area contributed by atoms with E-state index in [2.05, 4.69) is 41.4 Å². The molecule has 2 aromatic heterocycles. The fourth-order valence-corrected chi connectivity index (χ4v) is 2.20. The third kappa shape index (κ3) is 2.25. The largest absolute Gasteiger partial charge is 0.380 e. The molecule has 0 aliphatic carbocycles. The SMILES string of the molecule is Cc1noc2c(NC(C)C)cc(-c3ccccc3)nc12. The van der Waals surface area contributed by atoms with Gasteiger partial charge in [-0.1, -0.05) is 35.5 Å². The third-order valence-corrected chi connectivity index (χ3v) is 3.10. The number of hydrogen-bond acceptors (Lipinski definition) is 4. The first-order valence-corrected chi connectivity index (χ1v) is 6.74. The van der Waals surface area contributed by atoms with Gasteiger partial charge < -0.3 is 9.84 Å². The van der Waals surface area contributed by atoms with E-state index in [0.717, 1.165) is 33.7 Å². The lowest BCUT2D eigenvalue weighted by Gasteiger charge is -2.11. The number of nitrogens with one attached hydrogen (secondary N) is 1. The van der Waals surface area contributed by atoms with E-state index >= 15 is 0 Å². The molecule has 0 spiro atoms. The van der Waals surface area contributed by atoms with Crippen LogP contribution in [0.4, 0.5) is 5.69 Å². The number of fused-ring (bicyclic) bond motifs is 1. The molecule has 2 heterocycles. The number of aryl methyl sites for hydroxylation is 1. The Morgan fingerprint density at radius 2 is 1.90 bits per heavy atom. The van der Waals surface area contributed by atoms with Gasteiger partial charge in [0.1, 0.15) is 11.2 Å². The molecule has 0 fully saturated rings. The molecular formula is C16H17N3O. The fourth-order valence-electron chi connectivity index (χ4n) is 2.20. The van der Waals surface area contributed by atoms with Gasteiger partial charge >= 0.3 is 0 Å². The van der Waals surface area contributed by atoms with E-state index in [1.807, 2.05) is 31.2 Å². The lowest BCUT2D eigenvalue weighted by Crippen LogP contribution is -2.10. The van der Waals surface area contributed by atoms with Crippen LogP contribution in [0.2, 0.25) is 0 Å². The number of anilines is 1. The number of hydrogen-bond donors (Lipinski definition) is 1. The van der Waals surface area contributed by atoms with Crippen molar-refractivity contribution in [1.29, 1.82) is 0 Å². The molecular weight excluding hydrogens is 250 g/mol. The minimum Gasteiger partial charge on any atom is -0.380 e. The van der Waals surface area contributed by atoms with Crippen LogP contribution in [0, 0.1) is 6.92 Å². The summed E-state index contributed by atoms with van der Waals surface area (Å²) in [6.07, 6.45) is 0. The van der Waals surface area contributed by atoms with Crippen LogP contribution < -0.4 is 5.32 Å². The first-order chi connectivity index (χ1) is 9.65. The second kappa shape index (κ2) is 4.96. The number of benzene rings is 1. The van der Waals surface area contributed by atoms with Crippen molar-refractivity contribution in [2.75, 3.05) is 5.32 Å². The van der Waals surface area contributed by atoms with Gasteiger partial charge in [-0.2, -0.15) is 0 Å². The molecule has 4 heteroatoms. The highest BCUT2D eigenvalue weighted by Gasteiger charge is 2.14. The lowest BCUT2D eigenvalue weighted by molar-refractivity contribution is 0.451. The minimum atomic E-state index is 0.314. The molecule has 0 saturated carbocycles. The Morgan fingerprint density at radius 3 is 2.60 bits per heavy atom. The maximum Gasteiger partial charge on any atom is 0.208 e. The average Bonchev–Trinajstić information content (AvgIpc) is 2.81. The van der Waals surface area contributed by atoms with Gasteiger partial charge in [0.25, 0.3) is 0 Å². The number of nitrogens with zero attached hydrogens (tertiary/aromatic N) is 2. The van der Waals surface area contributed by atoms with Gasteiger partial charge in [-0.15, -0.1) is 0 Å². The van der Waals surface area contributed by atoms with Gasteiger partial charge in [-0.05, 0) is 26.8 Å². The Hall–Kier alpha value is -2.36. The summed E-state index contributed by atoms with van der Waals surface area (Å²) >= 11 is 0. The zero-order valence-electron chi connectivity index (χ0n) is 11.8. The predicted molar refractivity (Wildman–Crippen MR) is 80.7 cm³/mol. The molecule has 0 atom stereocenters. The first kappa shape index (κ1) is 12.7. The Balaban J connectivity index is 2.21. The summed E-state index contributed by atoms with van der Waals surface area (Å²) in [6.45, 7) is 6.10. The average molecular weight is 267 g/mol. The fraction of sp³-hybridized carbons (Fsp3) is 0.250. The minimum absolute atomic E-state index is 0.314. The Bertz CT molecular complexity index is 732. The molecule has 0 radical (unpaired) electrons. The van der Waals surface area contributed by atoms with Gasteiger partial charge in [0.05, 0.1) is 11.4 Å². The summed E-state index contributed by atoms with van der Waals surface area (Å²) in [6, 6.07) is 12.5. The van der Waals surface area contributed by atoms with Crippen molar-refractivity contribution in [3.05, 3.63) is 42.1 Å². The summed E-state index contributed by atoms with van der Waals surface area (Å²) in [4.78, 5) is 4.68. The summed E-state index contributed by atoms with van der Waals surface area (Å²) in [7, 11) is 0. The molecule has 0 amide bonds. The van der Waals surface area contributed by atoms with Crippen LogP contribution in [0.3, 0.4) is 0 Å². The highest BCUT2D eigenvalue weighted by molar-refractivity contribution is 5.90. The second-order valence-electron chi connectivity index (χ2n) is 5.17. The van der Waals surface area contributed by atoms with Gasteiger partial charge in [0, 0.05) is 11.6 Å². The van der Waals surface area contributed by atoms with E-state index < -0.39 is 0 Å². The maximum atomic E-state index is 5.40. The van der Waals surface area contributed by atoms with Crippen LogP contribution in [0.15, 0.2) is 40.9 Å². The van der Waals surface area contributed by atoms with E-state index in [1.165, 1.54) is 0 Å². The normalized spacial score (nSPS) is 11.2. The molecule has 1 aromatic carbocycles. The predicted octanol–water partition coefficient (Wildman–Crippen LogP) is 4.02. The van der Waals surface area contributed by atoms with Crippen molar-refractivity contribution in [2.45, 2.75) is 26.8 Å². The van der Waals surface area contributed by atoms with Gasteiger partial charge in [0.15, 0.2) is 0 Å². The number of aromatic nitrogens is 2. The molecule has 1 N–H and O–H groups in total. The first-order valence-electron chi connectivity index (χ1n) is 6.74. The third-order valence-electron chi connectivity index (χ3n) is 3.10. The molecule has 3 rings (SSSR count). The van der Waals surface area contributed by atoms with Crippen LogP contribution in [0.5, 0.6) is 0 Å². The van der Waals surface area contributed by atoms with Crippen LogP contribution in [0.25, 0.3) is 22.4 Å². The zero-order valence-corrected chi connectivity index (χ0v) is 11.8. The zero-order chi connectivity index (χ0) is 14.1. The molecule has 0 saturated heterocycles. The molecule has 0 bridgehead atoms. The van der Waals surface area contributed by atoms with Crippen LogP contribution >= 0.6 is 0 Å². The smallest absolute Gasteiger partial charge is 0.208 e. The Kier molecular flexibility index (Phi) is 3.14. The van der Waals surface area contributed by atoms with Gasteiger partial charge in [0.2, 0.25) is 5.58 Å². The van der Waals surface area contributed by atoms with Crippen molar-refractivity contribution in [3.63, 3.8) is 0 Å². The summed E-state index contributed by atoms with van der Waals surface area (Å²) in [5, 5.41) is 7.42. The van der Waals surface area contributed by atoms with Crippen molar-refractivity contribution >= 4 is 16.8 Å². The van der Waals surface area contributed by atoms with E-state index in [4.69, 9.17) is 4.52 Å². The molecule has 0 aliphatic rings. The number of pyridine rings is 1. The molecule has 20 heavy (non-hydrogen) atoms. The molecule has 0 unspecified atom stereocenters. The van der Waals surface area contributed by atoms with Gasteiger partial charge in [-0.25, -0.2) is 4.98 Å². The lowest BCUT2D eigenvalue weighted by atomic mass is 10.1.